The molecule has 0 aliphatic carbocycles. The fourth-order valence-electron chi connectivity index (χ4n) is 4.00. The van der Waals surface area contributed by atoms with E-state index >= 15 is 0 Å². The van der Waals surface area contributed by atoms with Crippen LogP contribution >= 0.6 is 12.4 Å². The van der Waals surface area contributed by atoms with Gasteiger partial charge in [0.05, 0.1) is 0 Å². The topological polar surface area (TPSA) is 18.5 Å². The van der Waals surface area contributed by atoms with E-state index in [4.69, 9.17) is 0 Å². The van der Waals surface area contributed by atoms with Crippen molar-refractivity contribution in [2.24, 2.45) is 5.92 Å². The largest absolute Gasteiger partial charge is 0.317 e. The van der Waals surface area contributed by atoms with Crippen LogP contribution in [0.4, 0.5) is 0 Å². The van der Waals surface area contributed by atoms with Gasteiger partial charge in [0.1, 0.15) is 0 Å². The number of nitrogens with one attached hydrogen (secondary N) is 1. The van der Waals surface area contributed by atoms with E-state index in [1.807, 2.05) is 0 Å². The van der Waals surface area contributed by atoms with Crippen LogP contribution in [-0.4, -0.2) is 61.7 Å². The summed E-state index contributed by atoms with van der Waals surface area (Å²) in [6.45, 7) is 9.30. The van der Waals surface area contributed by atoms with E-state index in [-0.39, 0.29) is 12.4 Å². The third kappa shape index (κ3) is 4.32. The second-order valence-corrected chi connectivity index (χ2v) is 6.49. The third-order valence-corrected chi connectivity index (χ3v) is 5.12. The van der Waals surface area contributed by atoms with Gasteiger partial charge < -0.3 is 10.2 Å². The van der Waals surface area contributed by atoms with Gasteiger partial charge in [0.25, 0.3) is 0 Å². The molecule has 3 nitrogen and oxygen atoms in total. The van der Waals surface area contributed by atoms with Gasteiger partial charge in [-0.1, -0.05) is 0 Å². The molecule has 0 amide bonds. The minimum absolute atomic E-state index is 0. The Kier molecular flexibility index (Phi) is 6.40. The van der Waals surface area contributed by atoms with Crippen LogP contribution in [0.2, 0.25) is 0 Å². The fourth-order valence-corrected chi connectivity index (χ4v) is 4.00. The molecule has 19 heavy (non-hydrogen) atoms. The number of halogens is 1. The van der Waals surface area contributed by atoms with Gasteiger partial charge in [-0.25, -0.2) is 0 Å². The number of hydrogen-bond acceptors (Lipinski definition) is 3. The third-order valence-electron chi connectivity index (χ3n) is 5.12. The first kappa shape index (κ1) is 15.6. The zero-order chi connectivity index (χ0) is 12.2. The molecule has 3 aliphatic rings. The van der Waals surface area contributed by atoms with Crippen molar-refractivity contribution in [3.63, 3.8) is 0 Å². The smallest absolute Gasteiger partial charge is 0.0223 e. The number of piperidine rings is 1. The molecule has 0 radical (unpaired) electrons. The highest BCUT2D eigenvalue weighted by atomic mass is 35.5. The first-order valence-electron chi connectivity index (χ1n) is 8.09. The minimum atomic E-state index is 0. The molecule has 0 aromatic heterocycles. The van der Waals surface area contributed by atoms with Crippen molar-refractivity contribution in [3.05, 3.63) is 0 Å². The van der Waals surface area contributed by atoms with Crippen molar-refractivity contribution in [2.45, 2.75) is 44.6 Å². The summed E-state index contributed by atoms with van der Waals surface area (Å²) in [5.41, 5.74) is 0. The Morgan fingerprint density at radius 3 is 2.32 bits per heavy atom. The van der Waals surface area contributed by atoms with Gasteiger partial charge in [0.15, 0.2) is 0 Å². The average Bonchev–Trinajstić information content (AvgIpc) is 3.04. The predicted molar refractivity (Wildman–Crippen MR) is 83.1 cm³/mol. The van der Waals surface area contributed by atoms with Crippen LogP contribution in [0, 0.1) is 5.92 Å². The molecular weight excluding hydrogens is 258 g/mol. The zero-order valence-electron chi connectivity index (χ0n) is 12.1. The van der Waals surface area contributed by atoms with Crippen LogP contribution in [0.15, 0.2) is 0 Å². The normalized spacial score (nSPS) is 30.6. The Balaban J connectivity index is 0.00000133. The van der Waals surface area contributed by atoms with Gasteiger partial charge >= 0.3 is 0 Å². The van der Waals surface area contributed by atoms with Gasteiger partial charge in [-0.15, -0.1) is 12.4 Å². The van der Waals surface area contributed by atoms with E-state index in [1.54, 1.807) is 0 Å². The summed E-state index contributed by atoms with van der Waals surface area (Å²) < 4.78 is 0. The standard InChI is InChI=1S/C15H29N3.ClH/c1-2-10-17(9-1)13-15-4-3-11-18(15)12-14-5-7-16-8-6-14;/h14-16H,1-13H2;1H. The summed E-state index contributed by atoms with van der Waals surface area (Å²) in [6.07, 6.45) is 8.53. The maximum absolute atomic E-state index is 3.48. The lowest BCUT2D eigenvalue weighted by Crippen LogP contribution is -2.43. The van der Waals surface area contributed by atoms with Crippen LogP contribution in [0.25, 0.3) is 0 Å². The van der Waals surface area contributed by atoms with Gasteiger partial charge in [-0.05, 0) is 77.2 Å². The van der Waals surface area contributed by atoms with E-state index in [9.17, 15) is 0 Å². The van der Waals surface area contributed by atoms with E-state index in [0.29, 0.717) is 0 Å². The van der Waals surface area contributed by atoms with E-state index < -0.39 is 0 Å². The summed E-state index contributed by atoms with van der Waals surface area (Å²) in [4.78, 5) is 5.51. The lowest BCUT2D eigenvalue weighted by molar-refractivity contribution is 0.157. The quantitative estimate of drug-likeness (QED) is 0.853. The summed E-state index contributed by atoms with van der Waals surface area (Å²) >= 11 is 0. The lowest BCUT2D eigenvalue weighted by Gasteiger charge is -2.33. The highest BCUT2D eigenvalue weighted by Gasteiger charge is 2.29. The summed E-state index contributed by atoms with van der Waals surface area (Å²) in [7, 11) is 0. The molecule has 3 aliphatic heterocycles. The van der Waals surface area contributed by atoms with Crippen molar-refractivity contribution >= 4 is 12.4 Å². The van der Waals surface area contributed by atoms with Crippen LogP contribution < -0.4 is 5.32 Å². The zero-order valence-corrected chi connectivity index (χ0v) is 13.0. The maximum atomic E-state index is 3.48. The van der Waals surface area contributed by atoms with Crippen molar-refractivity contribution in [1.82, 2.24) is 15.1 Å². The Bertz CT molecular complexity index is 250. The summed E-state index contributed by atoms with van der Waals surface area (Å²) in [5.74, 6) is 0.963. The number of likely N-dealkylation sites (tertiary alicyclic amines) is 2. The van der Waals surface area contributed by atoms with Crippen molar-refractivity contribution in [3.8, 4) is 0 Å². The molecule has 1 N–H and O–H groups in total. The number of hydrogen-bond donors (Lipinski definition) is 1. The van der Waals surface area contributed by atoms with Gasteiger partial charge in [0.2, 0.25) is 0 Å². The van der Waals surface area contributed by atoms with E-state index in [2.05, 4.69) is 15.1 Å². The first-order chi connectivity index (χ1) is 8.92. The second-order valence-electron chi connectivity index (χ2n) is 6.49. The van der Waals surface area contributed by atoms with E-state index in [0.717, 1.165) is 12.0 Å². The molecule has 0 saturated carbocycles. The van der Waals surface area contributed by atoms with Crippen molar-refractivity contribution in [1.29, 1.82) is 0 Å². The number of nitrogens with zero attached hydrogens (tertiary/aromatic N) is 2. The molecule has 1 unspecified atom stereocenters. The minimum Gasteiger partial charge on any atom is -0.317 e. The molecule has 112 valence electrons. The first-order valence-corrected chi connectivity index (χ1v) is 8.09. The Morgan fingerprint density at radius 2 is 1.58 bits per heavy atom. The maximum Gasteiger partial charge on any atom is 0.0223 e. The Labute approximate surface area is 124 Å². The molecule has 0 spiro atoms. The molecule has 4 heteroatoms. The Morgan fingerprint density at radius 1 is 0.842 bits per heavy atom. The monoisotopic (exact) mass is 287 g/mol. The Hall–Kier alpha value is 0.170. The molecular formula is C15H30ClN3. The predicted octanol–water partition coefficient (Wildman–Crippen LogP) is 1.97. The van der Waals surface area contributed by atoms with Crippen LogP contribution in [0.3, 0.4) is 0 Å². The average molecular weight is 288 g/mol. The van der Waals surface area contributed by atoms with Gasteiger partial charge in [-0.3, -0.25) is 4.90 Å². The highest BCUT2D eigenvalue weighted by molar-refractivity contribution is 5.85. The highest BCUT2D eigenvalue weighted by Crippen LogP contribution is 2.23. The van der Waals surface area contributed by atoms with E-state index in [1.165, 1.54) is 84.3 Å². The van der Waals surface area contributed by atoms with Crippen LogP contribution in [-0.2, 0) is 0 Å². The summed E-state index contributed by atoms with van der Waals surface area (Å²) in [6, 6.07) is 0.873. The molecule has 0 bridgehead atoms. The van der Waals surface area contributed by atoms with Crippen molar-refractivity contribution < 1.29 is 0 Å². The molecule has 0 aromatic carbocycles. The lowest BCUT2D eigenvalue weighted by atomic mass is 9.97. The molecule has 0 aromatic rings. The molecule has 1 atom stereocenters. The SMILES string of the molecule is C1CCN(CC2CCCN2CC2CCNCC2)C1.Cl. The summed E-state index contributed by atoms with van der Waals surface area (Å²) in [5, 5.41) is 3.48. The molecule has 3 rings (SSSR count). The van der Waals surface area contributed by atoms with Crippen molar-refractivity contribution in [2.75, 3.05) is 45.8 Å². The molecule has 3 saturated heterocycles. The number of rotatable bonds is 4. The molecule has 3 fully saturated rings. The van der Waals surface area contributed by atoms with Gasteiger partial charge in [-0.2, -0.15) is 0 Å². The molecule has 3 heterocycles. The van der Waals surface area contributed by atoms with Crippen LogP contribution in [0.1, 0.15) is 38.5 Å². The van der Waals surface area contributed by atoms with Gasteiger partial charge in [0, 0.05) is 19.1 Å². The second kappa shape index (κ2) is 7.82. The van der Waals surface area contributed by atoms with Crippen LogP contribution in [0.5, 0.6) is 0 Å². The fraction of sp³-hybridized carbons (Fsp3) is 1.00.